The fraction of sp³-hybridized carbons (Fsp3) is 0.971. The number of nitrogens with one attached hydrogen (secondary N) is 1. The lowest BCUT2D eigenvalue weighted by atomic mass is 9.44. The van der Waals surface area contributed by atoms with Gasteiger partial charge in [0.1, 0.15) is 6.10 Å². The molecule has 0 aromatic heterocycles. The van der Waals surface area contributed by atoms with Gasteiger partial charge in [0, 0.05) is 6.54 Å². The summed E-state index contributed by atoms with van der Waals surface area (Å²) in [6, 6.07) is 0. The molecule has 0 aromatic rings. The van der Waals surface area contributed by atoms with E-state index in [2.05, 4.69) is 46.9 Å². The van der Waals surface area contributed by atoms with E-state index in [0.29, 0.717) is 10.8 Å². The Kier molecular flexibility index (Phi) is 10.6. The van der Waals surface area contributed by atoms with Crippen molar-refractivity contribution >= 4 is 6.09 Å². The van der Waals surface area contributed by atoms with Gasteiger partial charge < -0.3 is 10.1 Å². The Bertz CT molecular complexity index is 750. The lowest BCUT2D eigenvalue weighted by Crippen LogP contribution is -2.54. The van der Waals surface area contributed by atoms with Crippen molar-refractivity contribution in [3.8, 4) is 0 Å². The van der Waals surface area contributed by atoms with Crippen molar-refractivity contribution in [2.24, 2.45) is 52.3 Å². The first-order chi connectivity index (χ1) is 18.2. The number of carbonyl (C=O) groups excluding carboxylic acids is 1. The molecule has 220 valence electrons. The van der Waals surface area contributed by atoms with Crippen LogP contribution in [0.4, 0.5) is 4.79 Å². The summed E-state index contributed by atoms with van der Waals surface area (Å²) in [6.07, 6.45) is 22.4. The highest BCUT2D eigenvalue weighted by Gasteiger charge is 2.60. The Balaban J connectivity index is 1.28. The van der Waals surface area contributed by atoms with Crippen LogP contribution in [0, 0.1) is 52.3 Å². The third-order valence-corrected chi connectivity index (χ3v) is 12.6. The maximum absolute atomic E-state index is 12.5. The first kappa shape index (κ1) is 30.2. The summed E-state index contributed by atoms with van der Waals surface area (Å²) in [4.78, 5) is 12.5. The Hall–Kier alpha value is -0.730. The van der Waals surface area contributed by atoms with Crippen molar-refractivity contribution in [2.45, 2.75) is 157 Å². The number of hydrogen-bond donors (Lipinski definition) is 1. The second kappa shape index (κ2) is 13.3. The van der Waals surface area contributed by atoms with Gasteiger partial charge in [-0.05, 0) is 116 Å². The van der Waals surface area contributed by atoms with E-state index in [0.717, 1.165) is 67.2 Å². The van der Waals surface area contributed by atoms with Gasteiger partial charge in [0.25, 0.3) is 0 Å². The average molecular weight is 530 g/mol. The summed E-state index contributed by atoms with van der Waals surface area (Å²) >= 11 is 0. The van der Waals surface area contributed by atoms with E-state index < -0.39 is 0 Å². The Labute approximate surface area is 236 Å². The van der Waals surface area contributed by atoms with E-state index in [1.54, 1.807) is 0 Å². The van der Waals surface area contributed by atoms with Crippen molar-refractivity contribution in [3.05, 3.63) is 0 Å². The van der Waals surface area contributed by atoms with Crippen LogP contribution in [0.2, 0.25) is 0 Å². The molecule has 1 amide bonds. The van der Waals surface area contributed by atoms with Crippen LogP contribution in [0.5, 0.6) is 0 Å². The van der Waals surface area contributed by atoms with Gasteiger partial charge in [0.05, 0.1) is 0 Å². The molecule has 3 unspecified atom stereocenters. The minimum atomic E-state index is -0.171. The van der Waals surface area contributed by atoms with Crippen LogP contribution in [0.15, 0.2) is 0 Å². The molecule has 3 nitrogen and oxygen atoms in total. The summed E-state index contributed by atoms with van der Waals surface area (Å²) < 4.78 is 5.97. The molecule has 0 radical (unpaired) electrons. The van der Waals surface area contributed by atoms with Gasteiger partial charge in [-0.1, -0.05) is 86.5 Å². The highest BCUT2D eigenvalue weighted by molar-refractivity contribution is 5.67. The maximum Gasteiger partial charge on any atom is 0.407 e. The monoisotopic (exact) mass is 529 g/mol. The molecule has 0 spiro atoms. The van der Waals surface area contributed by atoms with Crippen LogP contribution in [-0.4, -0.2) is 18.7 Å². The highest BCUT2D eigenvalue weighted by atomic mass is 16.6. The summed E-state index contributed by atoms with van der Waals surface area (Å²) in [7, 11) is 0. The Morgan fingerprint density at radius 3 is 2.34 bits per heavy atom. The number of hydrogen-bond acceptors (Lipinski definition) is 2. The first-order valence-corrected chi connectivity index (χ1v) is 17.1. The SMILES string of the molecule is CCCCCCCNC(=O)O[C@H]1CC[C@@]2(C)C(CC[C@H]3C4CC[C@H](C(C)CCCC(C)C)[C@@]4(C)CC[C@@H]32)C1. The van der Waals surface area contributed by atoms with Gasteiger partial charge in [-0.25, -0.2) is 4.79 Å². The minimum Gasteiger partial charge on any atom is -0.446 e. The molecule has 0 aliphatic heterocycles. The molecule has 0 saturated heterocycles. The molecule has 1 N–H and O–H groups in total. The lowest BCUT2D eigenvalue weighted by molar-refractivity contribution is -0.129. The number of fused-ring (bicyclic) bond motifs is 5. The smallest absolute Gasteiger partial charge is 0.407 e. The highest BCUT2D eigenvalue weighted by Crippen LogP contribution is 2.68. The van der Waals surface area contributed by atoms with Crippen molar-refractivity contribution in [3.63, 3.8) is 0 Å². The second-order valence-corrected chi connectivity index (χ2v) is 15.3. The quantitative estimate of drug-likeness (QED) is 0.255. The maximum atomic E-state index is 12.5. The topological polar surface area (TPSA) is 38.3 Å². The molecular formula is C35H63NO2. The lowest BCUT2D eigenvalue weighted by Gasteiger charge is -2.61. The number of alkyl carbamates (subject to hydrolysis) is 1. The van der Waals surface area contributed by atoms with Gasteiger partial charge in [-0.3, -0.25) is 0 Å². The molecule has 4 aliphatic carbocycles. The number of ether oxygens (including phenoxy) is 1. The molecule has 4 fully saturated rings. The summed E-state index contributed by atoms with van der Waals surface area (Å²) in [5.41, 5.74) is 1.04. The molecule has 38 heavy (non-hydrogen) atoms. The minimum absolute atomic E-state index is 0.126. The van der Waals surface area contributed by atoms with E-state index in [1.807, 2.05) is 0 Å². The van der Waals surface area contributed by atoms with E-state index in [9.17, 15) is 4.79 Å². The van der Waals surface area contributed by atoms with Crippen molar-refractivity contribution in [1.82, 2.24) is 5.32 Å². The largest absolute Gasteiger partial charge is 0.446 e. The van der Waals surface area contributed by atoms with Crippen LogP contribution in [-0.2, 0) is 4.74 Å². The van der Waals surface area contributed by atoms with Crippen LogP contribution in [0.25, 0.3) is 0 Å². The molecular weight excluding hydrogens is 466 g/mol. The number of amides is 1. The van der Waals surface area contributed by atoms with E-state index in [4.69, 9.17) is 4.74 Å². The molecule has 3 heteroatoms. The molecule has 4 saturated carbocycles. The van der Waals surface area contributed by atoms with E-state index >= 15 is 0 Å². The Morgan fingerprint density at radius 2 is 1.58 bits per heavy atom. The van der Waals surface area contributed by atoms with Crippen LogP contribution in [0.3, 0.4) is 0 Å². The number of unbranched alkanes of at least 4 members (excludes halogenated alkanes) is 4. The van der Waals surface area contributed by atoms with Crippen molar-refractivity contribution in [2.75, 3.05) is 6.54 Å². The fourth-order valence-electron chi connectivity index (χ4n) is 10.5. The van der Waals surface area contributed by atoms with Gasteiger partial charge in [-0.15, -0.1) is 0 Å². The predicted octanol–water partition coefficient (Wildman–Crippen LogP) is 10.2. The zero-order chi connectivity index (χ0) is 27.3. The number of carbonyl (C=O) groups is 1. The first-order valence-electron chi connectivity index (χ1n) is 17.1. The van der Waals surface area contributed by atoms with Gasteiger partial charge >= 0.3 is 6.09 Å². The van der Waals surface area contributed by atoms with E-state index in [1.165, 1.54) is 89.9 Å². The van der Waals surface area contributed by atoms with E-state index in [-0.39, 0.29) is 12.2 Å². The standard InChI is InChI=1S/C35H63NO2/c1-7-8-9-10-11-23-36-33(37)38-28-19-21-34(5)27(24-28)15-16-29-31-18-17-30(26(4)14-12-13-25(2)3)35(31,6)22-20-32(29)34/h25-32H,7-24H2,1-6H3,(H,36,37)/t26?,27?,28-,29-,30+,31?,32-,34-,35+/m0/s1. The third-order valence-electron chi connectivity index (χ3n) is 12.6. The van der Waals surface area contributed by atoms with Gasteiger partial charge in [-0.2, -0.15) is 0 Å². The Morgan fingerprint density at radius 1 is 0.842 bits per heavy atom. The van der Waals surface area contributed by atoms with Crippen molar-refractivity contribution < 1.29 is 9.53 Å². The molecule has 0 heterocycles. The summed E-state index contributed by atoms with van der Waals surface area (Å²) in [6.45, 7) is 15.7. The normalized spacial score (nSPS) is 39.2. The van der Waals surface area contributed by atoms with Gasteiger partial charge in [0.2, 0.25) is 0 Å². The van der Waals surface area contributed by atoms with Gasteiger partial charge in [0.15, 0.2) is 0 Å². The summed E-state index contributed by atoms with van der Waals surface area (Å²) in [5, 5.41) is 3.03. The molecule has 4 rings (SSSR count). The van der Waals surface area contributed by atoms with Crippen LogP contribution in [0.1, 0.15) is 151 Å². The zero-order valence-electron chi connectivity index (χ0n) is 26.2. The molecule has 0 bridgehead atoms. The number of rotatable bonds is 12. The summed E-state index contributed by atoms with van der Waals surface area (Å²) in [5.74, 6) is 6.21. The third kappa shape index (κ3) is 6.59. The fourth-order valence-corrected chi connectivity index (χ4v) is 10.5. The molecule has 9 atom stereocenters. The van der Waals surface area contributed by atoms with Crippen LogP contribution < -0.4 is 5.32 Å². The zero-order valence-corrected chi connectivity index (χ0v) is 26.2. The molecule has 0 aromatic carbocycles. The van der Waals surface area contributed by atoms with Crippen LogP contribution >= 0.6 is 0 Å². The average Bonchev–Trinajstić information content (AvgIpc) is 3.23. The predicted molar refractivity (Wildman–Crippen MR) is 160 cm³/mol. The molecule has 4 aliphatic rings. The second-order valence-electron chi connectivity index (χ2n) is 15.3. The van der Waals surface area contributed by atoms with Crippen molar-refractivity contribution in [1.29, 1.82) is 0 Å².